The van der Waals surface area contributed by atoms with Crippen molar-refractivity contribution in [2.24, 2.45) is 0 Å². The zero-order chi connectivity index (χ0) is 14.1. The molecule has 0 aliphatic heterocycles. The molecule has 2 N–H and O–H groups in total. The highest BCUT2D eigenvalue weighted by atomic mass is 16.5. The highest BCUT2D eigenvalue weighted by Gasteiger charge is 2.12. The lowest BCUT2D eigenvalue weighted by Gasteiger charge is -2.08. The number of rotatable bonds is 3. The molecule has 0 aliphatic rings. The Morgan fingerprint density at radius 1 is 1.10 bits per heavy atom. The summed E-state index contributed by atoms with van der Waals surface area (Å²) in [5.41, 5.74) is 8.16. The van der Waals surface area contributed by atoms with Crippen molar-refractivity contribution in [1.29, 1.82) is 0 Å². The predicted molar refractivity (Wildman–Crippen MR) is 73.7 cm³/mol. The number of ether oxygens (including phenoxy) is 2. The van der Waals surface area contributed by atoms with Gasteiger partial charge in [-0.05, 0) is 17.7 Å². The van der Waals surface area contributed by atoms with Crippen molar-refractivity contribution in [1.82, 2.24) is 19.6 Å². The van der Waals surface area contributed by atoms with Crippen molar-refractivity contribution >= 4 is 11.6 Å². The summed E-state index contributed by atoms with van der Waals surface area (Å²) in [7, 11) is 3.19. The van der Waals surface area contributed by atoms with Gasteiger partial charge in [0.25, 0.3) is 0 Å². The highest BCUT2D eigenvalue weighted by Crippen LogP contribution is 2.33. The highest BCUT2D eigenvalue weighted by molar-refractivity contribution is 5.78. The minimum Gasteiger partial charge on any atom is -0.493 e. The summed E-state index contributed by atoms with van der Waals surface area (Å²) in [6, 6.07) is 5.62. The predicted octanol–water partition coefficient (Wildman–Crippen LogP) is 1.39. The minimum atomic E-state index is 0.293. The molecule has 1 aromatic carbocycles. The lowest BCUT2D eigenvalue weighted by Crippen LogP contribution is -2.02. The number of hydrogen-bond acceptors (Lipinski definition) is 6. The summed E-state index contributed by atoms with van der Waals surface area (Å²) < 4.78 is 12.0. The third kappa shape index (κ3) is 1.80. The van der Waals surface area contributed by atoms with E-state index in [1.54, 1.807) is 20.4 Å². The smallest absolute Gasteiger partial charge is 0.224 e. The second-order valence-electron chi connectivity index (χ2n) is 4.10. The number of nitrogens with two attached hydrogens (primary N) is 1. The molecule has 7 heteroatoms. The third-order valence-electron chi connectivity index (χ3n) is 3.03. The van der Waals surface area contributed by atoms with Gasteiger partial charge in [0.2, 0.25) is 5.95 Å². The van der Waals surface area contributed by atoms with Crippen molar-refractivity contribution in [3.05, 3.63) is 30.7 Å². The van der Waals surface area contributed by atoms with Gasteiger partial charge >= 0.3 is 0 Å². The van der Waals surface area contributed by atoms with Crippen LogP contribution in [0.15, 0.2) is 30.7 Å². The van der Waals surface area contributed by atoms with Gasteiger partial charge in [0.05, 0.1) is 20.4 Å². The topological polar surface area (TPSA) is 87.6 Å². The number of benzene rings is 1. The fourth-order valence-corrected chi connectivity index (χ4v) is 2.04. The molecular weight excluding hydrogens is 258 g/mol. The first-order valence-corrected chi connectivity index (χ1v) is 5.91. The average Bonchev–Trinajstić information content (AvgIpc) is 2.92. The van der Waals surface area contributed by atoms with Crippen LogP contribution in [0.25, 0.3) is 16.8 Å². The Bertz CT molecular complexity index is 769. The first-order valence-electron chi connectivity index (χ1n) is 5.91. The molecule has 0 radical (unpaired) electrons. The fourth-order valence-electron chi connectivity index (χ4n) is 2.04. The van der Waals surface area contributed by atoms with Crippen molar-refractivity contribution < 1.29 is 9.47 Å². The molecule has 3 rings (SSSR count). The van der Waals surface area contributed by atoms with E-state index in [-0.39, 0.29) is 0 Å². The third-order valence-corrected chi connectivity index (χ3v) is 3.03. The van der Waals surface area contributed by atoms with Crippen LogP contribution in [0, 0.1) is 0 Å². The van der Waals surface area contributed by atoms with E-state index < -0.39 is 0 Å². The summed E-state index contributed by atoms with van der Waals surface area (Å²) >= 11 is 0. The standard InChI is InChI=1S/C13H13N5O2/c1-19-10-4-3-8(5-11(10)20-2)9-6-17-18-12(9)15-7-16-13(18)14/h3-7H,1-2H3,(H2,14,15,16). The lowest BCUT2D eigenvalue weighted by atomic mass is 10.1. The van der Waals surface area contributed by atoms with E-state index in [0.29, 0.717) is 23.1 Å². The van der Waals surface area contributed by atoms with Gasteiger partial charge in [-0.3, -0.25) is 0 Å². The number of methoxy groups -OCH3 is 2. The van der Waals surface area contributed by atoms with Crippen LogP contribution in [-0.4, -0.2) is 33.8 Å². The number of nitrogen functional groups attached to an aromatic ring is 1. The van der Waals surface area contributed by atoms with Crippen LogP contribution < -0.4 is 15.2 Å². The Kier molecular flexibility index (Phi) is 2.86. The maximum absolute atomic E-state index is 5.75. The monoisotopic (exact) mass is 271 g/mol. The molecular formula is C13H13N5O2. The van der Waals surface area contributed by atoms with Gasteiger partial charge in [-0.1, -0.05) is 6.07 Å². The molecule has 0 bridgehead atoms. The van der Waals surface area contributed by atoms with Crippen LogP contribution in [0.5, 0.6) is 11.5 Å². The summed E-state index contributed by atoms with van der Waals surface area (Å²) in [6.07, 6.45) is 3.11. The maximum Gasteiger partial charge on any atom is 0.224 e. The van der Waals surface area contributed by atoms with Crippen LogP contribution in [0.4, 0.5) is 5.95 Å². The van der Waals surface area contributed by atoms with E-state index in [0.717, 1.165) is 11.1 Å². The molecule has 0 aliphatic carbocycles. The molecule has 0 fully saturated rings. The Labute approximate surface area is 115 Å². The molecule has 0 saturated heterocycles. The molecule has 0 amide bonds. The average molecular weight is 271 g/mol. The minimum absolute atomic E-state index is 0.293. The Hall–Kier alpha value is -2.83. The summed E-state index contributed by atoms with van der Waals surface area (Å²) in [6.45, 7) is 0. The first-order chi connectivity index (χ1) is 9.74. The molecule has 2 aromatic heterocycles. The van der Waals surface area contributed by atoms with Crippen LogP contribution in [-0.2, 0) is 0 Å². The van der Waals surface area contributed by atoms with Crippen molar-refractivity contribution in [2.45, 2.75) is 0 Å². The van der Waals surface area contributed by atoms with Crippen LogP contribution in [0.1, 0.15) is 0 Å². The van der Waals surface area contributed by atoms with E-state index in [1.165, 1.54) is 10.8 Å². The van der Waals surface area contributed by atoms with Gasteiger partial charge in [0.15, 0.2) is 17.1 Å². The zero-order valence-electron chi connectivity index (χ0n) is 11.1. The molecule has 20 heavy (non-hydrogen) atoms. The Morgan fingerprint density at radius 2 is 1.90 bits per heavy atom. The van der Waals surface area contributed by atoms with Gasteiger partial charge in [-0.2, -0.15) is 9.61 Å². The molecule has 0 atom stereocenters. The molecule has 2 heterocycles. The van der Waals surface area contributed by atoms with Gasteiger partial charge in [-0.25, -0.2) is 9.97 Å². The van der Waals surface area contributed by atoms with Crippen molar-refractivity contribution in [3.8, 4) is 22.6 Å². The Balaban J connectivity index is 2.18. The number of aromatic nitrogens is 4. The molecule has 0 spiro atoms. The van der Waals surface area contributed by atoms with Crippen molar-refractivity contribution in [3.63, 3.8) is 0 Å². The van der Waals surface area contributed by atoms with Crippen LogP contribution in [0.2, 0.25) is 0 Å². The van der Waals surface area contributed by atoms with Crippen LogP contribution >= 0.6 is 0 Å². The largest absolute Gasteiger partial charge is 0.493 e. The molecule has 7 nitrogen and oxygen atoms in total. The van der Waals surface area contributed by atoms with Gasteiger partial charge in [0, 0.05) is 5.56 Å². The van der Waals surface area contributed by atoms with Gasteiger partial charge < -0.3 is 15.2 Å². The number of hydrogen-bond donors (Lipinski definition) is 1. The zero-order valence-corrected chi connectivity index (χ0v) is 11.1. The Morgan fingerprint density at radius 3 is 2.65 bits per heavy atom. The van der Waals surface area contributed by atoms with Gasteiger partial charge in [0.1, 0.15) is 6.33 Å². The van der Waals surface area contributed by atoms with Crippen molar-refractivity contribution in [2.75, 3.05) is 20.0 Å². The molecule has 102 valence electrons. The molecule has 0 unspecified atom stereocenters. The van der Waals surface area contributed by atoms with E-state index in [4.69, 9.17) is 15.2 Å². The summed E-state index contributed by atoms with van der Waals surface area (Å²) in [5, 5.41) is 4.19. The molecule has 0 saturated carbocycles. The first kappa shape index (κ1) is 12.2. The van der Waals surface area contributed by atoms with E-state index >= 15 is 0 Å². The van der Waals surface area contributed by atoms with Crippen LogP contribution in [0.3, 0.4) is 0 Å². The van der Waals surface area contributed by atoms with E-state index in [2.05, 4.69) is 15.1 Å². The van der Waals surface area contributed by atoms with E-state index in [1.807, 2.05) is 18.2 Å². The second-order valence-corrected chi connectivity index (χ2v) is 4.10. The summed E-state index contributed by atoms with van der Waals surface area (Å²) in [5.74, 6) is 1.61. The number of anilines is 1. The van der Waals surface area contributed by atoms with Gasteiger partial charge in [-0.15, -0.1) is 0 Å². The maximum atomic E-state index is 5.75. The SMILES string of the molecule is COc1ccc(-c2cnn3c(N)ncnc23)cc1OC. The quantitative estimate of drug-likeness (QED) is 0.774. The lowest BCUT2D eigenvalue weighted by molar-refractivity contribution is 0.355. The second kappa shape index (κ2) is 4.69. The fraction of sp³-hybridized carbons (Fsp3) is 0.154. The molecule has 3 aromatic rings. The van der Waals surface area contributed by atoms with E-state index in [9.17, 15) is 0 Å². The number of fused-ring (bicyclic) bond motifs is 1. The summed E-state index contributed by atoms with van der Waals surface area (Å²) in [4.78, 5) is 8.11. The number of nitrogens with zero attached hydrogens (tertiary/aromatic N) is 4. The normalized spacial score (nSPS) is 10.7.